The van der Waals surface area contributed by atoms with Crippen LogP contribution in [0.4, 0.5) is 0 Å². The second kappa shape index (κ2) is 28.7. The van der Waals surface area contributed by atoms with Crippen molar-refractivity contribution in [2.45, 2.75) is 199 Å². The van der Waals surface area contributed by atoms with E-state index in [1.54, 1.807) is 0 Å². The Morgan fingerprint density at radius 2 is 0.775 bits per heavy atom. The maximum atomic E-state index is 12.7. The fraction of sp³-hybridized carbons (Fsp3) is 0.943. The van der Waals surface area contributed by atoms with Gasteiger partial charge in [-0.25, -0.2) is 0 Å². The number of carbonyl (C=O) groups is 2. The predicted molar refractivity (Wildman–Crippen MR) is 172 cm³/mol. The number of aliphatic hydroxyl groups is 2. The highest BCUT2D eigenvalue weighted by atomic mass is 35.5. The molecule has 0 bridgehead atoms. The third-order valence-corrected chi connectivity index (χ3v) is 8.78. The molecule has 1 unspecified atom stereocenters. The lowest BCUT2D eigenvalue weighted by Gasteiger charge is -2.27. The first-order chi connectivity index (χ1) is 19.4. The summed E-state index contributed by atoms with van der Waals surface area (Å²) in [4.78, 5) is 25.2. The summed E-state index contributed by atoms with van der Waals surface area (Å²) >= 11 is 5.94. The van der Waals surface area contributed by atoms with Crippen LogP contribution in [0.25, 0.3) is 0 Å². The molecule has 4 nitrogen and oxygen atoms in total. The summed E-state index contributed by atoms with van der Waals surface area (Å²) in [5.74, 6) is -5.09. The van der Waals surface area contributed by atoms with E-state index in [1.165, 1.54) is 122 Å². The van der Waals surface area contributed by atoms with E-state index in [1.807, 2.05) is 0 Å². The molecule has 5 heteroatoms. The smallest absolute Gasteiger partial charge is 0.235 e. The van der Waals surface area contributed by atoms with Crippen molar-refractivity contribution in [2.24, 2.45) is 5.92 Å². The van der Waals surface area contributed by atoms with E-state index in [-0.39, 0.29) is 24.5 Å². The highest BCUT2D eigenvalue weighted by molar-refractivity contribution is 6.20. The minimum atomic E-state index is -2.65. The zero-order valence-electron chi connectivity index (χ0n) is 26.7. The Morgan fingerprint density at radius 3 is 1.07 bits per heavy atom. The maximum Gasteiger partial charge on any atom is 0.235 e. The van der Waals surface area contributed by atoms with Gasteiger partial charge < -0.3 is 10.2 Å². The number of unbranched alkanes of at least 4 members (excludes halogenated alkanes) is 24. The van der Waals surface area contributed by atoms with Crippen molar-refractivity contribution in [3.8, 4) is 0 Å². The van der Waals surface area contributed by atoms with E-state index in [4.69, 9.17) is 11.6 Å². The van der Waals surface area contributed by atoms with Crippen molar-refractivity contribution in [3.05, 3.63) is 0 Å². The van der Waals surface area contributed by atoms with Crippen LogP contribution in [0, 0.1) is 5.92 Å². The topological polar surface area (TPSA) is 74.6 Å². The van der Waals surface area contributed by atoms with E-state index in [9.17, 15) is 19.8 Å². The first-order valence-corrected chi connectivity index (χ1v) is 18.0. The Bertz CT molecular complexity index is 578. The van der Waals surface area contributed by atoms with Gasteiger partial charge in [0.1, 0.15) is 5.78 Å². The molecule has 0 aliphatic rings. The Morgan fingerprint density at radius 1 is 0.500 bits per heavy atom. The van der Waals surface area contributed by atoms with E-state index >= 15 is 0 Å². The number of alkyl halides is 1. The highest BCUT2D eigenvalue weighted by Crippen LogP contribution is 2.24. The Kier molecular flexibility index (Phi) is 28.3. The van der Waals surface area contributed by atoms with Gasteiger partial charge >= 0.3 is 0 Å². The SMILES string of the molecule is CCCCCCCCCCCCCCCC(=O)C(CCl)C(O)(O)C(=O)CCCCCCCCCCCCCCC. The predicted octanol–water partition coefficient (Wildman–Crippen LogP) is 10.6. The average molecular weight is 587 g/mol. The fourth-order valence-corrected chi connectivity index (χ4v) is 5.98. The summed E-state index contributed by atoms with van der Waals surface area (Å²) in [7, 11) is 0. The molecule has 0 rings (SSSR count). The van der Waals surface area contributed by atoms with Crippen LogP contribution < -0.4 is 0 Å². The first-order valence-electron chi connectivity index (χ1n) is 17.5. The summed E-state index contributed by atoms with van der Waals surface area (Å²) in [5, 5.41) is 21.0. The van der Waals surface area contributed by atoms with Crippen LogP contribution in [0.2, 0.25) is 0 Å². The minimum absolute atomic E-state index is 0.0875. The van der Waals surface area contributed by atoms with Crippen molar-refractivity contribution in [2.75, 3.05) is 5.88 Å². The molecule has 0 aliphatic heterocycles. The van der Waals surface area contributed by atoms with Gasteiger partial charge in [0.25, 0.3) is 0 Å². The quantitative estimate of drug-likeness (QED) is 0.0467. The molecule has 0 radical (unpaired) electrons. The number of halogens is 1. The van der Waals surface area contributed by atoms with Crippen LogP contribution in [0.5, 0.6) is 0 Å². The number of hydrogen-bond donors (Lipinski definition) is 2. The van der Waals surface area contributed by atoms with Crippen LogP contribution in [0.15, 0.2) is 0 Å². The molecule has 0 fully saturated rings. The maximum absolute atomic E-state index is 12.7. The fourth-order valence-electron chi connectivity index (χ4n) is 5.59. The molecule has 0 saturated heterocycles. The minimum Gasteiger partial charge on any atom is -0.359 e. The van der Waals surface area contributed by atoms with Gasteiger partial charge in [0, 0.05) is 18.7 Å². The molecule has 0 saturated carbocycles. The zero-order chi connectivity index (χ0) is 29.7. The summed E-state index contributed by atoms with van der Waals surface area (Å²) in [6.45, 7) is 4.50. The van der Waals surface area contributed by atoms with Crippen LogP contribution in [0.3, 0.4) is 0 Å². The molecular formula is C35H67ClO4. The molecule has 238 valence electrons. The Labute approximate surface area is 253 Å². The number of carbonyl (C=O) groups excluding carboxylic acids is 2. The van der Waals surface area contributed by atoms with Gasteiger partial charge in [-0.2, -0.15) is 0 Å². The summed E-state index contributed by atoms with van der Waals surface area (Å²) in [6.07, 6.45) is 32.0. The Hall–Kier alpha value is -0.450. The van der Waals surface area contributed by atoms with Crippen molar-refractivity contribution in [1.29, 1.82) is 0 Å². The van der Waals surface area contributed by atoms with Gasteiger partial charge in [-0.05, 0) is 12.8 Å². The van der Waals surface area contributed by atoms with Crippen molar-refractivity contribution < 1.29 is 19.8 Å². The lowest BCUT2D eigenvalue weighted by Crippen LogP contribution is -2.50. The normalized spacial score (nSPS) is 12.6. The first kappa shape index (κ1) is 39.5. The molecule has 0 aliphatic carbocycles. The molecule has 0 heterocycles. The van der Waals surface area contributed by atoms with Gasteiger partial charge in [0.2, 0.25) is 5.79 Å². The number of Topliss-reactive ketones (excluding diaryl/α,β-unsaturated/α-hetero) is 2. The molecular weight excluding hydrogens is 520 g/mol. The largest absolute Gasteiger partial charge is 0.359 e. The van der Waals surface area contributed by atoms with Gasteiger partial charge in [-0.3, -0.25) is 9.59 Å². The summed E-state index contributed by atoms with van der Waals surface area (Å²) in [5.41, 5.74) is 0. The molecule has 0 spiro atoms. The van der Waals surface area contributed by atoms with E-state index < -0.39 is 17.5 Å². The summed E-state index contributed by atoms with van der Waals surface area (Å²) < 4.78 is 0. The lowest BCUT2D eigenvalue weighted by atomic mass is 9.87. The average Bonchev–Trinajstić information content (AvgIpc) is 2.93. The van der Waals surface area contributed by atoms with E-state index in [2.05, 4.69) is 13.8 Å². The third kappa shape index (κ3) is 22.2. The van der Waals surface area contributed by atoms with Gasteiger partial charge in [-0.1, -0.05) is 168 Å². The molecule has 40 heavy (non-hydrogen) atoms. The van der Waals surface area contributed by atoms with Crippen molar-refractivity contribution >= 4 is 23.2 Å². The molecule has 0 aromatic rings. The molecule has 1 atom stereocenters. The van der Waals surface area contributed by atoms with Gasteiger partial charge in [0.15, 0.2) is 5.78 Å². The van der Waals surface area contributed by atoms with Crippen LogP contribution >= 0.6 is 11.6 Å². The zero-order valence-corrected chi connectivity index (χ0v) is 27.4. The molecule has 0 aromatic carbocycles. The standard InChI is InChI=1S/C35H67ClO4/c1-3-5-7-9-11-13-15-17-19-21-23-25-27-29-33(37)32(31-36)35(39,40)34(38)30-28-26-24-22-20-18-16-14-12-10-8-6-4-2/h32,39-40H,3-31H2,1-2H3. The number of rotatable bonds is 32. The van der Waals surface area contributed by atoms with Crippen LogP contribution in [0.1, 0.15) is 194 Å². The lowest BCUT2D eigenvalue weighted by molar-refractivity contribution is -0.201. The molecule has 0 amide bonds. The number of ketones is 2. The third-order valence-electron chi connectivity index (χ3n) is 8.47. The van der Waals surface area contributed by atoms with E-state index in [0.29, 0.717) is 12.8 Å². The van der Waals surface area contributed by atoms with Gasteiger partial charge in [0.05, 0.1) is 5.92 Å². The highest BCUT2D eigenvalue weighted by Gasteiger charge is 2.44. The van der Waals surface area contributed by atoms with Gasteiger partial charge in [-0.15, -0.1) is 11.6 Å². The second-order valence-corrected chi connectivity index (χ2v) is 12.6. The second-order valence-electron chi connectivity index (χ2n) is 12.3. The Balaban J connectivity index is 3.86. The van der Waals surface area contributed by atoms with Crippen LogP contribution in [-0.2, 0) is 9.59 Å². The number of hydrogen-bond acceptors (Lipinski definition) is 4. The van der Waals surface area contributed by atoms with E-state index in [0.717, 1.165) is 32.1 Å². The molecule has 2 N–H and O–H groups in total. The van der Waals surface area contributed by atoms with Crippen molar-refractivity contribution in [3.63, 3.8) is 0 Å². The molecule has 0 aromatic heterocycles. The van der Waals surface area contributed by atoms with Crippen LogP contribution in [-0.4, -0.2) is 33.4 Å². The monoisotopic (exact) mass is 586 g/mol. The summed E-state index contributed by atoms with van der Waals surface area (Å²) in [6, 6.07) is 0. The van der Waals surface area contributed by atoms with Crippen molar-refractivity contribution in [1.82, 2.24) is 0 Å².